The number of sulfone groups is 1. The summed E-state index contributed by atoms with van der Waals surface area (Å²) >= 11 is 6.06. The van der Waals surface area contributed by atoms with Gasteiger partial charge in [0.25, 0.3) is 10.0 Å². The largest absolute Gasteiger partial charge is 0.505 e. The number of rotatable bonds is 3. The number of hydrogen-bond acceptors (Lipinski definition) is 6. The Labute approximate surface area is 161 Å². The van der Waals surface area contributed by atoms with Crippen molar-refractivity contribution >= 4 is 43.0 Å². The summed E-state index contributed by atoms with van der Waals surface area (Å²) < 4.78 is 49.3. The first-order valence-electron chi connectivity index (χ1n) is 7.52. The second-order valence-corrected chi connectivity index (χ2v) is 10.3. The van der Waals surface area contributed by atoms with Gasteiger partial charge in [-0.2, -0.15) is 0 Å². The van der Waals surface area contributed by atoms with Crippen LogP contribution in [0.4, 0.5) is 0 Å². The lowest BCUT2D eigenvalue weighted by atomic mass is 10.0. The highest BCUT2D eigenvalue weighted by atomic mass is 35.5. The first kappa shape index (κ1) is 19.4. The zero-order valence-corrected chi connectivity index (χ0v) is 16.6. The first-order valence-corrected chi connectivity index (χ1v) is 11.2. The zero-order valence-electron chi connectivity index (χ0n) is 14.2. The van der Waals surface area contributed by atoms with E-state index in [1.54, 1.807) is 0 Å². The van der Waals surface area contributed by atoms with E-state index in [2.05, 4.69) is 0 Å². The van der Waals surface area contributed by atoms with Crippen LogP contribution in [0.1, 0.15) is 15.9 Å². The van der Waals surface area contributed by atoms with Crippen LogP contribution in [0, 0.1) is 0 Å². The molecule has 10 heteroatoms. The summed E-state index contributed by atoms with van der Waals surface area (Å²) in [6, 6.07) is 9.23. The summed E-state index contributed by atoms with van der Waals surface area (Å²) in [6.07, 6.45) is 0.993. The number of carbonyl (C=O) groups is 1. The molecular formula is C17H14ClNO6S2. The number of nitrogens with zero attached hydrogens (tertiary/aromatic N) is 1. The third kappa shape index (κ3) is 3.11. The molecule has 1 aliphatic heterocycles. The molecule has 0 unspecified atom stereocenters. The molecule has 7 nitrogen and oxygen atoms in total. The highest BCUT2D eigenvalue weighted by molar-refractivity contribution is 7.90. The van der Waals surface area contributed by atoms with Crippen molar-refractivity contribution in [2.24, 2.45) is 0 Å². The molecule has 1 N–H and O–H groups in total. The Morgan fingerprint density at radius 2 is 1.78 bits per heavy atom. The third-order valence-electron chi connectivity index (χ3n) is 4.15. The van der Waals surface area contributed by atoms with E-state index in [1.165, 1.54) is 36.4 Å². The molecule has 0 bridgehead atoms. The van der Waals surface area contributed by atoms with Crippen LogP contribution in [0.3, 0.4) is 0 Å². The molecule has 3 rings (SSSR count). The molecule has 27 heavy (non-hydrogen) atoms. The second-order valence-electron chi connectivity index (χ2n) is 5.91. The van der Waals surface area contributed by atoms with Crippen LogP contribution in [0.5, 0.6) is 0 Å². The summed E-state index contributed by atoms with van der Waals surface area (Å²) in [5.41, 5.74) is -0.599. The number of aliphatic hydroxyl groups excluding tert-OH is 1. The maximum absolute atomic E-state index is 12.9. The molecule has 0 saturated carbocycles. The first-order chi connectivity index (χ1) is 12.5. The number of fused-ring (bicyclic) bond motifs is 1. The van der Waals surface area contributed by atoms with Gasteiger partial charge in [0.1, 0.15) is 5.70 Å². The maximum Gasteiger partial charge on any atom is 0.265 e. The van der Waals surface area contributed by atoms with Gasteiger partial charge in [0, 0.05) is 24.4 Å². The number of halogens is 1. The average molecular weight is 428 g/mol. The number of hydrogen-bond donors (Lipinski definition) is 1. The summed E-state index contributed by atoms with van der Waals surface area (Å²) in [5.74, 6) is -1.35. The molecule has 0 radical (unpaired) electrons. The van der Waals surface area contributed by atoms with Gasteiger partial charge in [0.05, 0.1) is 14.8 Å². The summed E-state index contributed by atoms with van der Waals surface area (Å²) in [7, 11) is -6.43. The smallest absolute Gasteiger partial charge is 0.265 e. The lowest BCUT2D eigenvalue weighted by Gasteiger charge is -2.28. The fourth-order valence-electron chi connectivity index (χ4n) is 2.72. The van der Waals surface area contributed by atoms with Crippen molar-refractivity contribution in [2.45, 2.75) is 9.79 Å². The van der Waals surface area contributed by atoms with E-state index >= 15 is 0 Å². The number of benzene rings is 2. The van der Waals surface area contributed by atoms with Gasteiger partial charge in [0.2, 0.25) is 5.78 Å². The van der Waals surface area contributed by atoms with E-state index in [-0.39, 0.29) is 25.9 Å². The van der Waals surface area contributed by atoms with Crippen molar-refractivity contribution in [2.75, 3.05) is 13.3 Å². The Hall–Kier alpha value is -2.36. The van der Waals surface area contributed by atoms with Crippen LogP contribution in [-0.2, 0) is 19.9 Å². The molecule has 2 aromatic rings. The van der Waals surface area contributed by atoms with Crippen molar-refractivity contribution in [3.8, 4) is 0 Å². The van der Waals surface area contributed by atoms with Crippen molar-refractivity contribution < 1.29 is 26.7 Å². The van der Waals surface area contributed by atoms with Gasteiger partial charge in [-0.25, -0.2) is 16.8 Å². The quantitative estimate of drug-likeness (QED) is 0.754. The Bertz CT molecular complexity index is 1220. The van der Waals surface area contributed by atoms with Gasteiger partial charge in [-0.05, 0) is 30.3 Å². The number of allylic oxidation sites excluding steroid dienone is 1. The van der Waals surface area contributed by atoms with Crippen LogP contribution < -0.4 is 0 Å². The number of sulfonamides is 1. The molecule has 1 heterocycles. The van der Waals surface area contributed by atoms with Crippen molar-refractivity contribution in [3.05, 3.63) is 64.3 Å². The molecule has 0 saturated heterocycles. The molecule has 1 aliphatic rings. The van der Waals surface area contributed by atoms with Crippen molar-refractivity contribution in [3.63, 3.8) is 0 Å². The number of ketones is 1. The van der Waals surface area contributed by atoms with Gasteiger partial charge in [0.15, 0.2) is 15.6 Å². The van der Waals surface area contributed by atoms with Crippen LogP contribution >= 0.6 is 11.6 Å². The van der Waals surface area contributed by atoms with Gasteiger partial charge < -0.3 is 5.11 Å². The Morgan fingerprint density at radius 3 is 2.37 bits per heavy atom. The topological polar surface area (TPSA) is 109 Å². The third-order valence-corrected chi connectivity index (χ3v) is 7.39. The van der Waals surface area contributed by atoms with Crippen LogP contribution in [-0.4, -0.2) is 45.3 Å². The molecular weight excluding hydrogens is 414 g/mol. The summed E-state index contributed by atoms with van der Waals surface area (Å²) in [4.78, 5) is 12.7. The van der Waals surface area contributed by atoms with E-state index in [1.807, 2.05) is 0 Å². The van der Waals surface area contributed by atoms with Crippen LogP contribution in [0.15, 0.2) is 58.0 Å². The molecule has 0 fully saturated rings. The van der Waals surface area contributed by atoms with E-state index in [0.717, 1.165) is 19.4 Å². The van der Waals surface area contributed by atoms with Gasteiger partial charge >= 0.3 is 0 Å². The highest BCUT2D eigenvalue weighted by Gasteiger charge is 2.38. The predicted octanol–water partition coefficient (Wildman–Crippen LogP) is 2.49. The number of aliphatic hydroxyl groups is 1. The maximum atomic E-state index is 12.9. The van der Waals surface area contributed by atoms with Crippen LogP contribution in [0.2, 0.25) is 5.02 Å². The Balaban J connectivity index is 2.21. The monoisotopic (exact) mass is 427 g/mol. The molecule has 0 spiro atoms. The van der Waals surface area contributed by atoms with Crippen molar-refractivity contribution in [1.29, 1.82) is 0 Å². The summed E-state index contributed by atoms with van der Waals surface area (Å²) in [6.45, 7) is 0. The molecule has 2 aromatic carbocycles. The van der Waals surface area contributed by atoms with Crippen molar-refractivity contribution in [1.82, 2.24) is 4.31 Å². The molecule has 142 valence electrons. The lowest BCUT2D eigenvalue weighted by Crippen LogP contribution is -2.35. The minimum absolute atomic E-state index is 0.00262. The molecule has 0 aromatic heterocycles. The zero-order chi connectivity index (χ0) is 20.1. The Kier molecular flexibility index (Phi) is 4.57. The second kappa shape index (κ2) is 6.36. The molecule has 0 atom stereocenters. The standard InChI is InChI=1S/C17H14ClNO6S2/c1-19-15(17(21)12-5-3-4-6-14(12)27(19,24)25)16(20)11-8-7-10(9-13(11)18)26(2,22)23/h3-9,21H,1-2H3. The van der Waals surface area contributed by atoms with E-state index < -0.39 is 37.1 Å². The van der Waals surface area contributed by atoms with Gasteiger partial charge in [-0.1, -0.05) is 23.7 Å². The normalized spacial score (nSPS) is 16.2. The van der Waals surface area contributed by atoms with Gasteiger partial charge in [-0.15, -0.1) is 0 Å². The highest BCUT2D eigenvalue weighted by Crippen LogP contribution is 2.36. The number of carbonyl (C=O) groups excluding carboxylic acids is 1. The van der Waals surface area contributed by atoms with E-state index in [4.69, 9.17) is 11.6 Å². The Morgan fingerprint density at radius 1 is 1.15 bits per heavy atom. The van der Waals surface area contributed by atoms with Gasteiger partial charge in [-0.3, -0.25) is 9.10 Å². The molecule has 0 amide bonds. The predicted molar refractivity (Wildman–Crippen MR) is 99.8 cm³/mol. The van der Waals surface area contributed by atoms with Crippen LogP contribution in [0.25, 0.3) is 5.76 Å². The van der Waals surface area contributed by atoms with E-state index in [0.29, 0.717) is 4.31 Å². The minimum Gasteiger partial charge on any atom is -0.505 e. The minimum atomic E-state index is -4.04. The van der Waals surface area contributed by atoms with E-state index in [9.17, 15) is 26.7 Å². The lowest BCUT2D eigenvalue weighted by molar-refractivity contribution is 0.101. The molecule has 0 aliphatic carbocycles. The SMILES string of the molecule is CN1C(C(=O)c2ccc(S(C)(=O)=O)cc2Cl)=C(O)c2ccccc2S1(=O)=O. The average Bonchev–Trinajstić information content (AvgIpc) is 2.59. The fourth-order valence-corrected chi connectivity index (χ4v) is 5.10. The number of Topliss-reactive ketones (excluding diaryl/α,β-unsaturated/α-hetero) is 1. The number of likely N-dealkylation sites (N-methyl/N-ethyl adjacent to an activating group) is 1. The fraction of sp³-hybridized carbons (Fsp3) is 0.118. The summed E-state index contributed by atoms with van der Waals surface area (Å²) in [5, 5.41) is 10.4.